The Labute approximate surface area is 487 Å². The average molecular weight is 1210 g/mol. The third-order valence-corrected chi connectivity index (χ3v) is 22.2. The molecule has 0 aromatic heterocycles. The summed E-state index contributed by atoms with van der Waals surface area (Å²) in [4.78, 5) is 26.6. The zero-order valence-corrected chi connectivity index (χ0v) is 49.1. The summed E-state index contributed by atoms with van der Waals surface area (Å²) in [6, 6.07) is 0. The van der Waals surface area contributed by atoms with Crippen LogP contribution in [0, 0.1) is 50.2 Å². The smallest absolute Gasteiger partial charge is 0.335 e. The van der Waals surface area contributed by atoms with Crippen molar-refractivity contribution >= 4 is 11.9 Å². The van der Waals surface area contributed by atoms with Gasteiger partial charge in [-0.25, -0.2) is 9.59 Å². The monoisotopic (exact) mass is 1200 g/mol. The minimum Gasteiger partial charge on any atom is -0.479 e. The number of esters is 1. The van der Waals surface area contributed by atoms with E-state index in [1.165, 1.54) is 0 Å². The van der Waals surface area contributed by atoms with Crippen LogP contribution >= 0.6 is 0 Å². The highest BCUT2D eigenvalue weighted by atomic mass is 16.8. The van der Waals surface area contributed by atoms with Gasteiger partial charge in [-0.1, -0.05) is 66.2 Å². The number of aliphatic hydroxyl groups excluding tert-OH is 14. The Kier molecular flexibility index (Phi) is 18.9. The Balaban J connectivity index is 1.05. The van der Waals surface area contributed by atoms with E-state index in [0.29, 0.717) is 44.1 Å². The van der Waals surface area contributed by atoms with Crippen LogP contribution in [0.1, 0.15) is 107 Å². The first-order valence-electron chi connectivity index (χ1n) is 29.5. The van der Waals surface area contributed by atoms with Gasteiger partial charge in [0, 0.05) is 11.0 Å². The number of allylic oxidation sites excluding steroid dienone is 2. The molecule has 4 saturated carbocycles. The van der Waals surface area contributed by atoms with Crippen molar-refractivity contribution in [3.63, 3.8) is 0 Å². The van der Waals surface area contributed by atoms with Gasteiger partial charge in [-0.05, 0) is 98.2 Å². The second kappa shape index (κ2) is 24.1. The van der Waals surface area contributed by atoms with Crippen molar-refractivity contribution in [2.75, 3.05) is 26.4 Å². The number of carbonyl (C=O) groups excluding carboxylic acids is 1. The Bertz CT molecular complexity index is 2420. The third-order valence-electron chi connectivity index (χ3n) is 22.2. The van der Waals surface area contributed by atoms with Crippen molar-refractivity contribution in [2.45, 2.75) is 248 Å². The van der Waals surface area contributed by atoms with E-state index < -0.39 is 218 Å². The molecule has 480 valence electrons. The molecule has 0 radical (unpaired) electrons. The van der Waals surface area contributed by atoms with Gasteiger partial charge in [0.1, 0.15) is 91.6 Å². The number of aliphatic carboxylic acids is 1. The molecular formula is C58H92O26. The molecule has 4 saturated heterocycles. The third kappa shape index (κ3) is 10.6. The second-order valence-corrected chi connectivity index (χ2v) is 27.5. The Morgan fingerprint density at radius 1 is 0.631 bits per heavy atom. The van der Waals surface area contributed by atoms with Crippen molar-refractivity contribution in [3.8, 4) is 0 Å². The number of fused-ring (bicyclic) bond motifs is 7. The van der Waals surface area contributed by atoms with Crippen molar-refractivity contribution in [1.82, 2.24) is 0 Å². The van der Waals surface area contributed by atoms with Gasteiger partial charge >= 0.3 is 11.9 Å². The van der Waals surface area contributed by atoms with Gasteiger partial charge in [0.25, 0.3) is 0 Å². The number of hydrogen-bond donors (Lipinski definition) is 15. The number of rotatable bonds is 14. The Morgan fingerprint density at radius 3 is 1.85 bits per heavy atom. The first-order valence-corrected chi connectivity index (χ1v) is 29.5. The summed E-state index contributed by atoms with van der Waals surface area (Å²) in [7, 11) is 0. The average Bonchev–Trinajstić information content (AvgIpc) is 0.680. The summed E-state index contributed by atoms with van der Waals surface area (Å²) in [5.41, 5.74) is -3.58. The summed E-state index contributed by atoms with van der Waals surface area (Å²) >= 11 is 0. The first-order chi connectivity index (χ1) is 39.2. The van der Waals surface area contributed by atoms with Gasteiger partial charge in [-0.3, -0.25) is 0 Å². The Hall–Kier alpha value is -2.46. The van der Waals surface area contributed by atoms with Gasteiger partial charge in [0.2, 0.25) is 0 Å². The van der Waals surface area contributed by atoms with Gasteiger partial charge < -0.3 is 119 Å². The van der Waals surface area contributed by atoms with Crippen LogP contribution in [0.5, 0.6) is 0 Å². The fourth-order valence-electron chi connectivity index (χ4n) is 17.1. The molecule has 0 unspecified atom stereocenters. The standard InChI is InChI=1S/C58H92O26/c1-10-23(2)48(75)79-32-18-53(3,4)17-25-24-11-12-30-55(7)15-14-31(54(5,6)29(55)13-16-56(30,8)57(24,9)45(71)46(72)58(25,32)22-61)80-52-44(84-50-39(69)36(66)34(64)27(19-59)77-50)41(40(70)42(82-52)47(73)74)81-51-43(37(67)35(65)28(20-60)78-51)83-49-38(68)33(63)26(62)21-76-49/h10-11,25-46,49-52,59-72H,12-22H2,1-9H3,(H,73,74)/b23-10-/t25-,26+,27+,28+,29-,30+,31-,32-,33-,34+,35+,36-,37-,38+,39+,40-,41-,42-,43+,44+,45-,46+,49-,50-,51-,52+,55-,56+,57-,58+/m0/s1. The fraction of sp³-hybridized carbons (Fsp3) is 0.897. The molecule has 0 spiro atoms. The second-order valence-electron chi connectivity index (χ2n) is 27.5. The maximum atomic E-state index is 13.5. The van der Waals surface area contributed by atoms with Crippen molar-refractivity contribution < 1.29 is 129 Å². The number of carboxylic acid groups (broad SMARTS) is 1. The zero-order chi connectivity index (χ0) is 61.9. The van der Waals surface area contributed by atoms with E-state index >= 15 is 0 Å². The molecule has 4 aliphatic heterocycles. The SMILES string of the molecule is C/C=C(/C)C(=O)O[C@H]1CC(C)(C)C[C@H]2C3=CC[C@@H]4[C@@]5(C)CC[C@H](O[C@@H]6O[C@H](C(=O)O)[C@@H](O)[C@H](O[C@@H]7O[C@H](CO)[C@@H](O)[C@H](O)[C@H]7O[C@@H]7OC[C@@H](O)[C@H](O)[C@H]7O)[C@H]6O[C@@H]6O[C@H](CO)[C@@H](O)[C@H](O)[C@H]6O)C(C)(C)[C@@H]5CC[C@@]4(C)[C@]3(C)[C@@H](O)[C@@H](O)[C@@]12CO. The maximum Gasteiger partial charge on any atom is 0.335 e. The minimum atomic E-state index is -2.28. The molecule has 0 aromatic rings. The lowest BCUT2D eigenvalue weighted by Crippen LogP contribution is -2.74. The van der Waals surface area contributed by atoms with E-state index in [2.05, 4.69) is 33.8 Å². The molecule has 30 atom stereocenters. The molecule has 0 amide bonds. The van der Waals surface area contributed by atoms with Crippen molar-refractivity contribution in [3.05, 3.63) is 23.3 Å². The van der Waals surface area contributed by atoms with Crippen LogP contribution in [0.3, 0.4) is 0 Å². The molecule has 26 nitrogen and oxygen atoms in total. The number of carboxylic acids is 1. The highest BCUT2D eigenvalue weighted by Gasteiger charge is 2.75. The van der Waals surface area contributed by atoms with Crippen LogP contribution < -0.4 is 0 Å². The number of ether oxygens (including phenoxy) is 9. The molecule has 5 aliphatic carbocycles. The summed E-state index contributed by atoms with van der Waals surface area (Å²) in [5.74, 6) is -3.07. The lowest BCUT2D eigenvalue weighted by Gasteiger charge is -2.73. The van der Waals surface area contributed by atoms with Crippen LogP contribution in [-0.4, -0.2) is 256 Å². The first kappa shape index (κ1) is 66.0. The summed E-state index contributed by atoms with van der Waals surface area (Å²) in [5, 5.41) is 167. The lowest BCUT2D eigenvalue weighted by atomic mass is 9.32. The molecule has 9 aliphatic rings. The predicted octanol–water partition coefficient (Wildman–Crippen LogP) is -2.40. The van der Waals surface area contributed by atoms with Gasteiger partial charge in [0.15, 0.2) is 31.3 Å². The van der Waals surface area contributed by atoms with Gasteiger partial charge in [-0.15, -0.1) is 0 Å². The number of carbonyl (C=O) groups is 2. The summed E-state index contributed by atoms with van der Waals surface area (Å²) in [6.07, 6.45) is -34.3. The molecule has 0 bridgehead atoms. The van der Waals surface area contributed by atoms with Gasteiger partial charge in [0.05, 0.1) is 50.2 Å². The summed E-state index contributed by atoms with van der Waals surface area (Å²) in [6.45, 7) is 15.0. The molecule has 4 heterocycles. The van der Waals surface area contributed by atoms with Crippen LogP contribution in [0.25, 0.3) is 0 Å². The van der Waals surface area contributed by atoms with E-state index in [4.69, 9.17) is 42.6 Å². The minimum absolute atomic E-state index is 0.128. The van der Waals surface area contributed by atoms with Crippen LogP contribution in [0.2, 0.25) is 0 Å². The fourth-order valence-corrected chi connectivity index (χ4v) is 17.1. The van der Waals surface area contributed by atoms with Crippen LogP contribution in [-0.2, 0) is 52.2 Å². The molecule has 15 N–H and O–H groups in total. The van der Waals surface area contributed by atoms with Crippen LogP contribution in [0.4, 0.5) is 0 Å². The molecule has 84 heavy (non-hydrogen) atoms. The topological polar surface area (TPSA) is 421 Å². The molecular weight excluding hydrogens is 1110 g/mol. The number of hydrogen-bond acceptors (Lipinski definition) is 25. The van der Waals surface area contributed by atoms with E-state index in [1.807, 2.05) is 20.8 Å². The lowest BCUT2D eigenvalue weighted by molar-refractivity contribution is -0.405. The van der Waals surface area contributed by atoms with Crippen molar-refractivity contribution in [2.24, 2.45) is 50.2 Å². The molecule has 8 fully saturated rings. The van der Waals surface area contributed by atoms with E-state index in [-0.39, 0.29) is 18.3 Å². The van der Waals surface area contributed by atoms with E-state index in [9.17, 15) is 86.2 Å². The molecule has 26 heteroatoms. The van der Waals surface area contributed by atoms with E-state index in [1.54, 1.807) is 19.9 Å². The maximum absolute atomic E-state index is 13.5. The quantitative estimate of drug-likeness (QED) is 0.0373. The van der Waals surface area contributed by atoms with Crippen molar-refractivity contribution in [1.29, 1.82) is 0 Å². The highest BCUT2D eigenvalue weighted by Crippen LogP contribution is 2.76. The highest BCUT2D eigenvalue weighted by molar-refractivity contribution is 5.87. The predicted molar refractivity (Wildman–Crippen MR) is 285 cm³/mol. The largest absolute Gasteiger partial charge is 0.479 e. The zero-order valence-electron chi connectivity index (χ0n) is 49.1. The van der Waals surface area contributed by atoms with E-state index in [0.717, 1.165) is 5.57 Å². The van der Waals surface area contributed by atoms with Crippen LogP contribution in [0.15, 0.2) is 23.3 Å². The molecule has 9 rings (SSSR count). The number of aliphatic hydroxyl groups is 14. The van der Waals surface area contributed by atoms with Gasteiger partial charge in [-0.2, -0.15) is 0 Å². The molecule has 0 aromatic carbocycles. The summed E-state index contributed by atoms with van der Waals surface area (Å²) < 4.78 is 54.9. The Morgan fingerprint density at radius 2 is 1.23 bits per heavy atom. The normalized spacial score (nSPS) is 51.9.